The monoisotopic (exact) mass is 213 g/mol. The Balaban J connectivity index is 1.86. The average molecular weight is 213 g/mol. The minimum Gasteiger partial charge on any atom is -0.381 e. The maximum absolute atomic E-state index is 5.59. The maximum atomic E-state index is 5.59. The fourth-order valence-corrected chi connectivity index (χ4v) is 4.28. The molecule has 3 saturated heterocycles. The third-order valence-electron chi connectivity index (χ3n) is 4.42. The zero-order chi connectivity index (χ0) is 9.60. The van der Waals surface area contributed by atoms with Crippen LogP contribution in [0.3, 0.4) is 0 Å². The molecule has 3 rings (SSSR count). The number of fused-ring (bicyclic) bond motifs is 3. The Hall–Kier alpha value is 0.270. The molecule has 3 atom stereocenters. The van der Waals surface area contributed by atoms with Crippen molar-refractivity contribution in [1.29, 1.82) is 0 Å². The molecule has 0 saturated carbocycles. The summed E-state index contributed by atoms with van der Waals surface area (Å²) in [5, 5.41) is 0. The second-order valence-electron chi connectivity index (χ2n) is 5.07. The third kappa shape index (κ3) is 1.18. The van der Waals surface area contributed by atoms with Crippen LogP contribution in [0.5, 0.6) is 0 Å². The van der Waals surface area contributed by atoms with Gasteiger partial charge in [-0.25, -0.2) is 0 Å². The zero-order valence-electron chi connectivity index (χ0n) is 8.61. The van der Waals surface area contributed by atoms with Gasteiger partial charge in [0.25, 0.3) is 0 Å². The van der Waals surface area contributed by atoms with Gasteiger partial charge in [0.2, 0.25) is 0 Å². The molecule has 3 fully saturated rings. The minimum absolute atomic E-state index is 0.451. The highest BCUT2D eigenvalue weighted by Gasteiger charge is 2.53. The molecule has 14 heavy (non-hydrogen) atoms. The first kappa shape index (κ1) is 9.49. The fourth-order valence-electron chi connectivity index (χ4n) is 3.81. The molecule has 3 aliphatic heterocycles. The van der Waals surface area contributed by atoms with Gasteiger partial charge in [0.05, 0.1) is 6.61 Å². The van der Waals surface area contributed by atoms with E-state index in [9.17, 15) is 0 Å². The van der Waals surface area contributed by atoms with Crippen molar-refractivity contribution in [2.45, 2.75) is 37.3 Å². The van der Waals surface area contributed by atoms with Crippen molar-refractivity contribution >= 4 is 12.6 Å². The lowest BCUT2D eigenvalue weighted by atomic mass is 9.89. The van der Waals surface area contributed by atoms with Crippen molar-refractivity contribution in [2.75, 3.05) is 25.5 Å². The summed E-state index contributed by atoms with van der Waals surface area (Å²) in [6.07, 6.45) is 5.33. The smallest absolute Gasteiger partial charge is 0.0509 e. The first-order chi connectivity index (χ1) is 6.86. The molecule has 3 aliphatic rings. The van der Waals surface area contributed by atoms with Gasteiger partial charge in [0, 0.05) is 23.9 Å². The molecule has 80 valence electrons. The Bertz CT molecular complexity index is 235. The van der Waals surface area contributed by atoms with Gasteiger partial charge in [-0.15, -0.1) is 0 Å². The van der Waals surface area contributed by atoms with E-state index in [-0.39, 0.29) is 0 Å². The van der Waals surface area contributed by atoms with Gasteiger partial charge in [-0.2, -0.15) is 12.6 Å². The first-order valence-electron chi connectivity index (χ1n) is 5.81. The van der Waals surface area contributed by atoms with E-state index in [1.807, 2.05) is 0 Å². The fraction of sp³-hybridized carbons (Fsp3) is 1.00. The molecule has 0 radical (unpaired) electrons. The second-order valence-corrected chi connectivity index (χ2v) is 5.39. The number of hydrogen-bond acceptors (Lipinski definition) is 3. The maximum Gasteiger partial charge on any atom is 0.0509 e. The van der Waals surface area contributed by atoms with Crippen LogP contribution in [-0.4, -0.2) is 42.0 Å². The van der Waals surface area contributed by atoms with Crippen LogP contribution in [0, 0.1) is 5.92 Å². The summed E-state index contributed by atoms with van der Waals surface area (Å²) in [7, 11) is 0. The Kier molecular flexibility index (Phi) is 2.30. The number of hydrogen-bond donors (Lipinski definition) is 1. The molecular formula is C11H19NOS. The number of rotatable bonds is 1. The highest BCUT2D eigenvalue weighted by Crippen LogP contribution is 2.47. The van der Waals surface area contributed by atoms with E-state index in [1.54, 1.807) is 0 Å². The summed E-state index contributed by atoms with van der Waals surface area (Å²) in [6.45, 7) is 3.28. The molecule has 0 N–H and O–H groups in total. The van der Waals surface area contributed by atoms with Crippen LogP contribution in [-0.2, 0) is 4.74 Å². The van der Waals surface area contributed by atoms with Gasteiger partial charge < -0.3 is 4.74 Å². The average Bonchev–Trinajstić information content (AvgIpc) is 2.73. The molecular weight excluding hydrogens is 194 g/mol. The first-order valence-corrected chi connectivity index (χ1v) is 6.44. The highest BCUT2D eigenvalue weighted by molar-refractivity contribution is 7.80. The van der Waals surface area contributed by atoms with Crippen LogP contribution in [0.25, 0.3) is 0 Å². The Morgan fingerprint density at radius 1 is 1.50 bits per heavy atom. The molecule has 0 aliphatic carbocycles. The highest BCUT2D eigenvalue weighted by atomic mass is 32.1. The quantitative estimate of drug-likeness (QED) is 0.664. The van der Waals surface area contributed by atoms with Crippen LogP contribution in [0.15, 0.2) is 0 Å². The second kappa shape index (κ2) is 3.39. The number of nitrogens with zero attached hydrogens (tertiary/aromatic N) is 1. The van der Waals surface area contributed by atoms with E-state index in [2.05, 4.69) is 17.5 Å². The van der Waals surface area contributed by atoms with Gasteiger partial charge in [-0.05, 0) is 38.1 Å². The van der Waals surface area contributed by atoms with Crippen molar-refractivity contribution < 1.29 is 4.74 Å². The molecule has 3 heterocycles. The summed E-state index contributed by atoms with van der Waals surface area (Å²) in [4.78, 5) is 2.76. The normalized spacial score (nSPS) is 47.8. The van der Waals surface area contributed by atoms with Crippen molar-refractivity contribution in [3.05, 3.63) is 0 Å². The molecule has 0 aromatic heterocycles. The zero-order valence-corrected chi connectivity index (χ0v) is 9.51. The molecule has 0 bridgehead atoms. The van der Waals surface area contributed by atoms with E-state index in [0.29, 0.717) is 5.54 Å². The third-order valence-corrected chi connectivity index (χ3v) is 5.01. The SMILES string of the molecule is SC[C@@]12CCCN1[C@H]1CCOC[C@H]1C2. The Morgan fingerprint density at radius 3 is 3.29 bits per heavy atom. The topological polar surface area (TPSA) is 12.5 Å². The van der Waals surface area contributed by atoms with Gasteiger partial charge >= 0.3 is 0 Å². The van der Waals surface area contributed by atoms with Crippen LogP contribution in [0.1, 0.15) is 25.7 Å². The largest absolute Gasteiger partial charge is 0.381 e. The van der Waals surface area contributed by atoms with E-state index in [4.69, 9.17) is 4.74 Å². The summed E-state index contributed by atoms with van der Waals surface area (Å²) < 4.78 is 5.59. The summed E-state index contributed by atoms with van der Waals surface area (Å²) >= 11 is 4.58. The van der Waals surface area contributed by atoms with Crippen LogP contribution < -0.4 is 0 Å². The summed E-state index contributed by atoms with van der Waals surface area (Å²) in [6, 6.07) is 0.818. The molecule has 0 aromatic carbocycles. The van der Waals surface area contributed by atoms with Crippen molar-refractivity contribution in [3.8, 4) is 0 Å². The van der Waals surface area contributed by atoms with Crippen LogP contribution >= 0.6 is 12.6 Å². The van der Waals surface area contributed by atoms with Crippen LogP contribution in [0.4, 0.5) is 0 Å². The van der Waals surface area contributed by atoms with Gasteiger partial charge in [0.15, 0.2) is 0 Å². The molecule has 2 nitrogen and oxygen atoms in total. The van der Waals surface area contributed by atoms with Crippen molar-refractivity contribution in [1.82, 2.24) is 4.90 Å². The predicted octanol–water partition coefficient (Wildman–Crippen LogP) is 1.56. The van der Waals surface area contributed by atoms with E-state index >= 15 is 0 Å². The molecule has 0 spiro atoms. The standard InChI is InChI=1S/C11H19NOS/c14-8-11-3-1-4-12(11)10-2-5-13-7-9(10)6-11/h9-10,14H,1-8H2/t9-,10+,11+/m1/s1. The van der Waals surface area contributed by atoms with Gasteiger partial charge in [-0.3, -0.25) is 4.90 Å². The van der Waals surface area contributed by atoms with Crippen LogP contribution in [0.2, 0.25) is 0 Å². The molecule has 3 heteroatoms. The predicted molar refractivity (Wildman–Crippen MR) is 59.9 cm³/mol. The molecule has 0 unspecified atom stereocenters. The number of ether oxygens (including phenoxy) is 1. The van der Waals surface area contributed by atoms with E-state index in [0.717, 1.165) is 30.9 Å². The molecule has 0 aromatic rings. The summed E-state index contributed by atoms with van der Waals surface area (Å²) in [5.41, 5.74) is 0.451. The minimum atomic E-state index is 0.451. The Morgan fingerprint density at radius 2 is 2.43 bits per heavy atom. The summed E-state index contributed by atoms with van der Waals surface area (Å²) in [5.74, 6) is 1.84. The van der Waals surface area contributed by atoms with Gasteiger partial charge in [-0.1, -0.05) is 0 Å². The molecule has 0 amide bonds. The lowest BCUT2D eigenvalue weighted by molar-refractivity contribution is 0.0205. The van der Waals surface area contributed by atoms with Crippen molar-refractivity contribution in [2.24, 2.45) is 5.92 Å². The number of thiol groups is 1. The van der Waals surface area contributed by atoms with E-state index in [1.165, 1.54) is 32.2 Å². The van der Waals surface area contributed by atoms with E-state index < -0.39 is 0 Å². The lowest BCUT2D eigenvalue weighted by Gasteiger charge is -2.35. The van der Waals surface area contributed by atoms with Gasteiger partial charge in [0.1, 0.15) is 0 Å². The van der Waals surface area contributed by atoms with Crippen molar-refractivity contribution in [3.63, 3.8) is 0 Å². The Labute approximate surface area is 91.4 Å². The lowest BCUT2D eigenvalue weighted by Crippen LogP contribution is -2.45.